The molecule has 0 radical (unpaired) electrons. The van der Waals surface area contributed by atoms with Crippen LogP contribution in [0, 0.1) is 0 Å². The second-order valence-corrected chi connectivity index (χ2v) is 5.96. The van der Waals surface area contributed by atoms with E-state index in [4.69, 9.17) is 0 Å². The Balaban J connectivity index is 1.97. The summed E-state index contributed by atoms with van der Waals surface area (Å²) in [7, 11) is 0. The molecule has 0 unspecified atom stereocenters. The number of anilines is 3. The van der Waals surface area contributed by atoms with Crippen molar-refractivity contribution in [3.63, 3.8) is 0 Å². The van der Waals surface area contributed by atoms with Crippen LogP contribution in [0.5, 0.6) is 5.75 Å². The molecule has 5 nitrogen and oxygen atoms in total. The molecule has 3 rings (SSSR count). The number of hydrogen-bond donors (Lipinski definition) is 3. The van der Waals surface area contributed by atoms with E-state index in [1.807, 2.05) is 42.5 Å². The van der Waals surface area contributed by atoms with Crippen LogP contribution in [0.25, 0.3) is 11.3 Å². The van der Waals surface area contributed by atoms with Gasteiger partial charge in [-0.3, -0.25) is 0 Å². The highest BCUT2D eigenvalue weighted by Gasteiger charge is 2.09. The van der Waals surface area contributed by atoms with Crippen molar-refractivity contribution in [1.82, 2.24) is 9.97 Å². The molecule has 0 aliphatic heterocycles. The summed E-state index contributed by atoms with van der Waals surface area (Å²) < 4.78 is 0. The van der Waals surface area contributed by atoms with Crippen molar-refractivity contribution < 1.29 is 5.11 Å². The molecule has 1 aromatic heterocycles. The Kier molecular flexibility index (Phi) is 5.14. The quantitative estimate of drug-likeness (QED) is 0.604. The second-order valence-electron chi connectivity index (χ2n) is 5.96. The van der Waals surface area contributed by atoms with Gasteiger partial charge in [0.2, 0.25) is 5.95 Å². The summed E-state index contributed by atoms with van der Waals surface area (Å²) in [6.45, 7) is 4.21. The molecule has 3 aromatic rings. The van der Waals surface area contributed by atoms with Crippen molar-refractivity contribution in [2.24, 2.45) is 0 Å². The Morgan fingerprint density at radius 3 is 2.52 bits per heavy atom. The average Bonchev–Trinajstić information content (AvgIpc) is 2.62. The highest BCUT2D eigenvalue weighted by Crippen LogP contribution is 2.25. The summed E-state index contributed by atoms with van der Waals surface area (Å²) in [6, 6.07) is 19.1. The lowest BCUT2D eigenvalue weighted by atomic mass is 10.1. The summed E-state index contributed by atoms with van der Waals surface area (Å²) >= 11 is 0. The SMILES string of the molecule is CC[C@@H](C)Nc1nc(Nc2cccc(O)c2)cc(-c2ccccc2)n1. The molecule has 2 aromatic carbocycles. The molecule has 0 spiro atoms. The minimum atomic E-state index is 0.209. The van der Waals surface area contributed by atoms with Gasteiger partial charge in [0.05, 0.1) is 5.69 Å². The number of phenols is 1. The number of phenolic OH excluding ortho intramolecular Hbond substituents is 1. The zero-order valence-corrected chi connectivity index (χ0v) is 14.4. The Bertz CT molecular complexity index is 836. The van der Waals surface area contributed by atoms with Crippen LogP contribution in [-0.2, 0) is 0 Å². The van der Waals surface area contributed by atoms with E-state index in [0.717, 1.165) is 23.4 Å². The van der Waals surface area contributed by atoms with Crippen molar-refractivity contribution in [3.05, 3.63) is 60.7 Å². The lowest BCUT2D eigenvalue weighted by Gasteiger charge is -2.14. The fourth-order valence-corrected chi connectivity index (χ4v) is 2.39. The molecule has 0 bridgehead atoms. The molecule has 25 heavy (non-hydrogen) atoms. The summed E-state index contributed by atoms with van der Waals surface area (Å²) in [5.74, 6) is 1.46. The Hall–Kier alpha value is -3.08. The smallest absolute Gasteiger partial charge is 0.225 e. The molecule has 3 N–H and O–H groups in total. The fourth-order valence-electron chi connectivity index (χ4n) is 2.39. The van der Waals surface area contributed by atoms with E-state index >= 15 is 0 Å². The first-order valence-corrected chi connectivity index (χ1v) is 8.41. The van der Waals surface area contributed by atoms with Crippen LogP contribution < -0.4 is 10.6 Å². The van der Waals surface area contributed by atoms with Gasteiger partial charge in [-0.1, -0.05) is 43.3 Å². The highest BCUT2D eigenvalue weighted by atomic mass is 16.3. The number of nitrogens with one attached hydrogen (secondary N) is 2. The molecule has 0 amide bonds. The Morgan fingerprint density at radius 2 is 1.80 bits per heavy atom. The molecule has 1 atom stereocenters. The molecule has 128 valence electrons. The zero-order chi connectivity index (χ0) is 17.6. The maximum atomic E-state index is 9.64. The third kappa shape index (κ3) is 4.47. The topological polar surface area (TPSA) is 70.1 Å². The maximum absolute atomic E-state index is 9.64. The predicted molar refractivity (Wildman–Crippen MR) is 102 cm³/mol. The van der Waals surface area contributed by atoms with Crippen LogP contribution in [0.15, 0.2) is 60.7 Å². The van der Waals surface area contributed by atoms with Gasteiger partial charge in [0.25, 0.3) is 0 Å². The summed E-state index contributed by atoms with van der Waals surface area (Å²) in [5, 5.41) is 16.2. The monoisotopic (exact) mass is 334 g/mol. The summed E-state index contributed by atoms with van der Waals surface area (Å²) in [6.07, 6.45) is 0.980. The average molecular weight is 334 g/mol. The summed E-state index contributed by atoms with van der Waals surface area (Å²) in [4.78, 5) is 9.20. The molecule has 1 heterocycles. The first-order valence-electron chi connectivity index (χ1n) is 8.41. The van der Waals surface area contributed by atoms with Crippen molar-refractivity contribution in [1.29, 1.82) is 0 Å². The number of nitrogens with zero attached hydrogens (tertiary/aromatic N) is 2. The maximum Gasteiger partial charge on any atom is 0.225 e. The first kappa shape index (κ1) is 16.8. The van der Waals surface area contributed by atoms with Crippen LogP contribution in [0.1, 0.15) is 20.3 Å². The third-order valence-corrected chi connectivity index (χ3v) is 3.90. The van der Waals surface area contributed by atoms with E-state index in [1.165, 1.54) is 0 Å². The van der Waals surface area contributed by atoms with E-state index in [-0.39, 0.29) is 11.8 Å². The van der Waals surface area contributed by atoms with E-state index in [1.54, 1.807) is 18.2 Å². The van der Waals surface area contributed by atoms with Crippen molar-refractivity contribution >= 4 is 17.5 Å². The van der Waals surface area contributed by atoms with E-state index in [0.29, 0.717) is 11.8 Å². The Labute approximate surface area is 147 Å². The third-order valence-electron chi connectivity index (χ3n) is 3.90. The van der Waals surface area contributed by atoms with Gasteiger partial charge in [-0.25, -0.2) is 4.98 Å². The fraction of sp³-hybridized carbons (Fsp3) is 0.200. The molecule has 0 aliphatic rings. The molecular weight excluding hydrogens is 312 g/mol. The largest absolute Gasteiger partial charge is 0.508 e. The predicted octanol–water partition coefficient (Wildman–Crippen LogP) is 4.80. The van der Waals surface area contributed by atoms with Gasteiger partial charge in [-0.05, 0) is 25.5 Å². The van der Waals surface area contributed by atoms with Gasteiger partial charge < -0.3 is 15.7 Å². The standard InChI is InChI=1S/C20H22N4O/c1-3-14(2)21-20-23-18(15-8-5-4-6-9-15)13-19(24-20)22-16-10-7-11-17(25)12-16/h4-14,25H,3H2,1-2H3,(H2,21,22,23,24)/t14-/m1/s1. The van der Waals surface area contributed by atoms with Crippen LogP contribution in [0.3, 0.4) is 0 Å². The Morgan fingerprint density at radius 1 is 1.00 bits per heavy atom. The van der Waals surface area contributed by atoms with Gasteiger partial charge in [0.15, 0.2) is 0 Å². The second kappa shape index (κ2) is 7.66. The van der Waals surface area contributed by atoms with Gasteiger partial charge in [0.1, 0.15) is 11.6 Å². The molecule has 0 saturated carbocycles. The van der Waals surface area contributed by atoms with Crippen molar-refractivity contribution in [2.75, 3.05) is 10.6 Å². The summed E-state index contributed by atoms with van der Waals surface area (Å²) in [5.41, 5.74) is 2.63. The molecular formula is C20H22N4O. The lowest BCUT2D eigenvalue weighted by molar-refractivity contribution is 0.475. The molecule has 5 heteroatoms. The molecule has 0 aliphatic carbocycles. The van der Waals surface area contributed by atoms with Crippen LogP contribution >= 0.6 is 0 Å². The van der Waals surface area contributed by atoms with Gasteiger partial charge >= 0.3 is 0 Å². The normalized spacial score (nSPS) is 11.8. The number of benzene rings is 2. The minimum absolute atomic E-state index is 0.209. The van der Waals surface area contributed by atoms with Gasteiger partial charge in [-0.15, -0.1) is 0 Å². The number of aromatic nitrogens is 2. The van der Waals surface area contributed by atoms with Crippen molar-refractivity contribution in [3.8, 4) is 17.0 Å². The minimum Gasteiger partial charge on any atom is -0.508 e. The molecule has 0 fully saturated rings. The number of rotatable bonds is 6. The lowest BCUT2D eigenvalue weighted by Crippen LogP contribution is -2.16. The van der Waals surface area contributed by atoms with E-state index in [2.05, 4.69) is 34.4 Å². The van der Waals surface area contributed by atoms with Crippen LogP contribution in [0.4, 0.5) is 17.5 Å². The van der Waals surface area contributed by atoms with E-state index < -0.39 is 0 Å². The van der Waals surface area contributed by atoms with Gasteiger partial charge in [-0.2, -0.15) is 4.98 Å². The number of hydrogen-bond acceptors (Lipinski definition) is 5. The first-order chi connectivity index (χ1) is 12.1. The van der Waals surface area contributed by atoms with Crippen LogP contribution in [0.2, 0.25) is 0 Å². The highest BCUT2D eigenvalue weighted by molar-refractivity contribution is 5.67. The zero-order valence-electron chi connectivity index (χ0n) is 14.4. The van der Waals surface area contributed by atoms with Crippen LogP contribution in [-0.4, -0.2) is 21.1 Å². The molecule has 0 saturated heterocycles. The van der Waals surface area contributed by atoms with Gasteiger partial charge in [0, 0.05) is 29.4 Å². The number of aromatic hydroxyl groups is 1. The van der Waals surface area contributed by atoms with Crippen molar-refractivity contribution in [2.45, 2.75) is 26.3 Å². The van der Waals surface area contributed by atoms with E-state index in [9.17, 15) is 5.11 Å².